The second-order valence-electron chi connectivity index (χ2n) is 5.11. The zero-order valence-corrected chi connectivity index (χ0v) is 16.1. The molecule has 1 amide bonds. The van der Waals surface area contributed by atoms with Crippen molar-refractivity contribution >= 4 is 34.0 Å². The number of ether oxygens (including phenoxy) is 3. The number of benzene rings is 2. The Morgan fingerprint density at radius 2 is 1.56 bits per heavy atom. The maximum Gasteiger partial charge on any atom is 0.251 e. The normalized spacial score (nSPS) is 10.6. The van der Waals surface area contributed by atoms with Gasteiger partial charge in [-0.15, -0.1) is 0 Å². The van der Waals surface area contributed by atoms with Gasteiger partial charge in [0.1, 0.15) is 21.7 Å². The van der Waals surface area contributed by atoms with Gasteiger partial charge in [-0.05, 0) is 45.8 Å². The van der Waals surface area contributed by atoms with Crippen molar-refractivity contribution in [2.45, 2.75) is 0 Å². The van der Waals surface area contributed by atoms with Crippen molar-refractivity contribution in [1.82, 2.24) is 5.32 Å². The van der Waals surface area contributed by atoms with Crippen molar-refractivity contribution in [2.75, 3.05) is 28.4 Å². The first-order chi connectivity index (χ1) is 12.0. The molecule has 0 unspecified atom stereocenters. The van der Waals surface area contributed by atoms with Crippen LogP contribution in [0.1, 0.15) is 21.5 Å². The van der Waals surface area contributed by atoms with Crippen molar-refractivity contribution in [3.8, 4) is 17.2 Å². The first kappa shape index (κ1) is 18.9. The van der Waals surface area contributed by atoms with Crippen LogP contribution in [0.15, 0.2) is 34.8 Å². The molecule has 0 spiro atoms. The third kappa shape index (κ3) is 4.33. The van der Waals surface area contributed by atoms with Gasteiger partial charge >= 0.3 is 0 Å². The summed E-state index contributed by atoms with van der Waals surface area (Å²) in [6.45, 7) is 0. The molecular weight excluding hydrogens is 386 g/mol. The van der Waals surface area contributed by atoms with E-state index in [1.54, 1.807) is 40.5 Å². The van der Waals surface area contributed by atoms with E-state index in [0.717, 1.165) is 15.6 Å². The molecule has 0 saturated heterocycles. The standard InChI is InChI=1S/C19H20BrNO4/c1-21-19(22)14-8-7-13(15(11-14)23-2)6-5-12-9-16(24-3)18(20)17(10-12)25-4/h5-11H,1-4H3,(H,21,22)/b6-5+. The summed E-state index contributed by atoms with van der Waals surface area (Å²) < 4.78 is 16.9. The van der Waals surface area contributed by atoms with E-state index < -0.39 is 0 Å². The summed E-state index contributed by atoms with van der Waals surface area (Å²) in [7, 11) is 6.38. The lowest BCUT2D eigenvalue weighted by Gasteiger charge is -2.10. The van der Waals surface area contributed by atoms with E-state index >= 15 is 0 Å². The molecule has 2 rings (SSSR count). The topological polar surface area (TPSA) is 56.8 Å². The molecule has 2 aromatic carbocycles. The number of amides is 1. The molecule has 2 aromatic rings. The smallest absolute Gasteiger partial charge is 0.251 e. The Hall–Kier alpha value is -2.47. The predicted molar refractivity (Wildman–Crippen MR) is 103 cm³/mol. The van der Waals surface area contributed by atoms with E-state index in [-0.39, 0.29) is 5.91 Å². The lowest BCUT2D eigenvalue weighted by molar-refractivity contribution is 0.0962. The minimum atomic E-state index is -0.156. The van der Waals surface area contributed by atoms with Crippen LogP contribution in [-0.2, 0) is 0 Å². The van der Waals surface area contributed by atoms with E-state index in [1.165, 1.54) is 0 Å². The highest BCUT2D eigenvalue weighted by atomic mass is 79.9. The molecule has 0 aliphatic carbocycles. The molecule has 0 radical (unpaired) electrons. The first-order valence-electron chi connectivity index (χ1n) is 7.53. The average Bonchev–Trinajstić information content (AvgIpc) is 2.66. The summed E-state index contributed by atoms with van der Waals surface area (Å²) in [5.74, 6) is 1.83. The maximum atomic E-state index is 11.7. The Kier molecular flexibility index (Phi) is 6.47. The fourth-order valence-electron chi connectivity index (χ4n) is 2.31. The quantitative estimate of drug-likeness (QED) is 0.737. The first-order valence-corrected chi connectivity index (χ1v) is 8.33. The molecule has 0 atom stereocenters. The third-order valence-corrected chi connectivity index (χ3v) is 4.43. The zero-order valence-electron chi connectivity index (χ0n) is 14.6. The van der Waals surface area contributed by atoms with Gasteiger partial charge in [-0.1, -0.05) is 18.2 Å². The summed E-state index contributed by atoms with van der Waals surface area (Å²) in [5.41, 5.74) is 2.31. The molecule has 0 saturated carbocycles. The van der Waals surface area contributed by atoms with Crippen LogP contribution >= 0.6 is 15.9 Å². The van der Waals surface area contributed by atoms with Crippen molar-refractivity contribution in [3.63, 3.8) is 0 Å². The fourth-order valence-corrected chi connectivity index (χ4v) is 2.86. The predicted octanol–water partition coefficient (Wildman–Crippen LogP) is 4.00. The molecule has 0 bridgehead atoms. The number of methoxy groups -OCH3 is 3. The van der Waals surface area contributed by atoms with Crippen LogP contribution < -0.4 is 19.5 Å². The van der Waals surface area contributed by atoms with Crippen molar-refractivity contribution in [1.29, 1.82) is 0 Å². The minimum absolute atomic E-state index is 0.156. The van der Waals surface area contributed by atoms with Crippen LogP contribution in [0.2, 0.25) is 0 Å². The summed E-state index contributed by atoms with van der Waals surface area (Å²) in [4.78, 5) is 11.7. The van der Waals surface area contributed by atoms with Gasteiger partial charge in [0.15, 0.2) is 0 Å². The number of rotatable bonds is 6. The van der Waals surface area contributed by atoms with Gasteiger partial charge in [-0.3, -0.25) is 4.79 Å². The number of carbonyl (C=O) groups excluding carboxylic acids is 1. The van der Waals surface area contributed by atoms with Gasteiger partial charge in [-0.25, -0.2) is 0 Å². The molecular formula is C19H20BrNO4. The molecule has 1 N–H and O–H groups in total. The van der Waals surface area contributed by atoms with E-state index in [0.29, 0.717) is 22.8 Å². The highest BCUT2D eigenvalue weighted by Gasteiger charge is 2.10. The number of hydrogen-bond acceptors (Lipinski definition) is 4. The fraction of sp³-hybridized carbons (Fsp3) is 0.211. The molecule has 25 heavy (non-hydrogen) atoms. The summed E-state index contributed by atoms with van der Waals surface area (Å²) >= 11 is 3.45. The van der Waals surface area contributed by atoms with Gasteiger partial charge in [0.05, 0.1) is 21.3 Å². The largest absolute Gasteiger partial charge is 0.496 e. The van der Waals surface area contributed by atoms with E-state index in [2.05, 4.69) is 21.2 Å². The Bertz CT molecular complexity index is 777. The molecule has 0 aliphatic heterocycles. The minimum Gasteiger partial charge on any atom is -0.496 e. The Morgan fingerprint density at radius 1 is 0.960 bits per heavy atom. The average molecular weight is 406 g/mol. The lowest BCUT2D eigenvalue weighted by Crippen LogP contribution is -2.17. The summed E-state index contributed by atoms with van der Waals surface area (Å²) in [6, 6.07) is 9.10. The zero-order chi connectivity index (χ0) is 18.4. The summed E-state index contributed by atoms with van der Waals surface area (Å²) in [5, 5.41) is 2.60. The number of hydrogen-bond donors (Lipinski definition) is 1. The molecule has 0 fully saturated rings. The van der Waals surface area contributed by atoms with E-state index in [9.17, 15) is 4.79 Å². The van der Waals surface area contributed by atoms with Crippen LogP contribution in [0.25, 0.3) is 12.2 Å². The molecule has 6 heteroatoms. The van der Waals surface area contributed by atoms with E-state index in [1.807, 2.05) is 30.4 Å². The van der Waals surface area contributed by atoms with Gasteiger partial charge < -0.3 is 19.5 Å². The van der Waals surface area contributed by atoms with Crippen LogP contribution in [0.4, 0.5) is 0 Å². The van der Waals surface area contributed by atoms with Crippen molar-refractivity contribution in [2.24, 2.45) is 0 Å². The number of halogens is 1. The highest BCUT2D eigenvalue weighted by molar-refractivity contribution is 9.10. The summed E-state index contributed by atoms with van der Waals surface area (Å²) in [6.07, 6.45) is 3.84. The Morgan fingerprint density at radius 3 is 2.08 bits per heavy atom. The molecule has 0 aromatic heterocycles. The van der Waals surface area contributed by atoms with Gasteiger partial charge in [-0.2, -0.15) is 0 Å². The number of nitrogens with one attached hydrogen (secondary N) is 1. The van der Waals surface area contributed by atoms with Crippen LogP contribution in [-0.4, -0.2) is 34.3 Å². The number of carbonyl (C=O) groups is 1. The molecule has 0 aliphatic rings. The molecule has 5 nitrogen and oxygen atoms in total. The lowest BCUT2D eigenvalue weighted by atomic mass is 10.1. The Labute approximate surface area is 155 Å². The van der Waals surface area contributed by atoms with Crippen LogP contribution in [0.3, 0.4) is 0 Å². The SMILES string of the molecule is CNC(=O)c1ccc(/C=C/c2cc(OC)c(Br)c(OC)c2)c(OC)c1. The van der Waals surface area contributed by atoms with Gasteiger partial charge in [0, 0.05) is 18.2 Å². The molecule has 132 valence electrons. The van der Waals surface area contributed by atoms with Crippen LogP contribution in [0.5, 0.6) is 17.2 Å². The second-order valence-corrected chi connectivity index (χ2v) is 5.90. The van der Waals surface area contributed by atoms with Crippen molar-refractivity contribution in [3.05, 3.63) is 51.5 Å². The second kappa shape index (κ2) is 8.58. The van der Waals surface area contributed by atoms with Gasteiger partial charge in [0.25, 0.3) is 5.91 Å². The van der Waals surface area contributed by atoms with E-state index in [4.69, 9.17) is 14.2 Å². The van der Waals surface area contributed by atoms with Crippen molar-refractivity contribution < 1.29 is 19.0 Å². The molecule has 0 heterocycles. The maximum absolute atomic E-state index is 11.7. The van der Waals surface area contributed by atoms with Crippen LogP contribution in [0, 0.1) is 0 Å². The Balaban J connectivity index is 2.37. The third-order valence-electron chi connectivity index (χ3n) is 3.65. The monoisotopic (exact) mass is 405 g/mol. The highest BCUT2D eigenvalue weighted by Crippen LogP contribution is 2.36. The van der Waals surface area contributed by atoms with Gasteiger partial charge in [0.2, 0.25) is 0 Å².